The highest BCUT2D eigenvalue weighted by Crippen LogP contribution is 2.58. The Labute approximate surface area is 320 Å². The fourth-order valence-corrected chi connectivity index (χ4v) is 9.39. The van der Waals surface area contributed by atoms with E-state index in [2.05, 4.69) is 11.9 Å². The van der Waals surface area contributed by atoms with E-state index in [9.17, 15) is 36.4 Å². The lowest BCUT2D eigenvalue weighted by Crippen LogP contribution is -2.48. The minimum absolute atomic E-state index is 0.0247. The minimum atomic E-state index is -4.64. The van der Waals surface area contributed by atoms with Crippen LogP contribution in [0.4, 0.5) is 8.78 Å². The quantitative estimate of drug-likeness (QED) is 0.250. The lowest BCUT2D eigenvalue weighted by atomic mass is 9.82. The van der Waals surface area contributed by atoms with Crippen molar-refractivity contribution < 1.29 is 50.6 Å². The summed E-state index contributed by atoms with van der Waals surface area (Å²) in [7, 11) is -3.19. The van der Waals surface area contributed by atoms with Gasteiger partial charge in [-0.3, -0.25) is 19.2 Å². The molecule has 1 N–H and O–H groups in total. The third-order valence-electron chi connectivity index (χ3n) is 11.4. The van der Waals surface area contributed by atoms with Gasteiger partial charge in [-0.15, -0.1) is 0 Å². The van der Waals surface area contributed by atoms with Gasteiger partial charge < -0.3 is 19.1 Å². The number of pyridine rings is 1. The van der Waals surface area contributed by atoms with Crippen molar-refractivity contribution in [3.63, 3.8) is 0 Å². The number of aromatic nitrogens is 1. The Kier molecular flexibility index (Phi) is 11.1. The summed E-state index contributed by atoms with van der Waals surface area (Å²) in [4.78, 5) is 62.2. The van der Waals surface area contributed by atoms with E-state index in [-0.39, 0.29) is 56.4 Å². The van der Waals surface area contributed by atoms with Crippen LogP contribution in [0.3, 0.4) is 0 Å². The van der Waals surface area contributed by atoms with E-state index in [1.807, 2.05) is 23.8 Å². The van der Waals surface area contributed by atoms with E-state index in [0.717, 1.165) is 6.42 Å². The number of hydrogen-bond donors (Lipinski definition) is 1. The highest BCUT2D eigenvalue weighted by Gasteiger charge is 2.64. The number of methoxy groups -OCH3 is 1. The van der Waals surface area contributed by atoms with Crippen molar-refractivity contribution in [3.8, 4) is 11.6 Å². The molecule has 12 nitrogen and oxygen atoms in total. The second kappa shape index (κ2) is 15.1. The molecule has 3 heterocycles. The smallest absolute Gasteiger partial charge is 0.307 e. The third-order valence-corrected chi connectivity index (χ3v) is 13.2. The number of nitrogens with zero attached hydrogens (tertiary/aromatic N) is 2. The zero-order valence-corrected chi connectivity index (χ0v) is 33.0. The average Bonchev–Trinajstić information content (AvgIpc) is 3.98. The standard InChI is InChI=1S/C40H51F2N3O9S/c1-23-9-7-8-10-25-19-39(25,37(49)44-55(50,51)40(42)13-14-40)20-32(46)31-17-27(53-35-30-16-26(41)11-12-28(30)33(52-6)21-43-35)22-45(31)36(48)29(24(2)15-23)18-34(47)54-38(3,4)5/h8,10-12,16,21,23-25,27,29,31H,7,9,13-15,17-20,22H2,1-6H3,(H,44,49)/b10-8-/t23-,24-,25-,27-,29+,31+,39-/m1/s1. The van der Waals surface area contributed by atoms with E-state index < -0.39 is 85.8 Å². The lowest BCUT2D eigenvalue weighted by molar-refractivity contribution is -0.160. The molecule has 2 aromatic rings. The first-order valence-corrected chi connectivity index (χ1v) is 20.5. The predicted octanol–water partition coefficient (Wildman–Crippen LogP) is 5.96. The van der Waals surface area contributed by atoms with Gasteiger partial charge >= 0.3 is 5.97 Å². The molecule has 1 saturated heterocycles. The average molecular weight is 788 g/mol. The topological polar surface area (TPSA) is 158 Å². The molecule has 7 atom stereocenters. The Morgan fingerprint density at radius 3 is 2.51 bits per heavy atom. The fraction of sp³-hybridized carbons (Fsp3) is 0.625. The molecule has 2 aliphatic carbocycles. The molecule has 4 aliphatic rings. The van der Waals surface area contributed by atoms with E-state index in [1.54, 1.807) is 20.8 Å². The highest BCUT2D eigenvalue weighted by molar-refractivity contribution is 7.91. The van der Waals surface area contributed by atoms with Crippen molar-refractivity contribution in [2.24, 2.45) is 29.1 Å². The van der Waals surface area contributed by atoms with Gasteiger partial charge in [-0.2, -0.15) is 0 Å². The van der Waals surface area contributed by atoms with Gasteiger partial charge in [0.1, 0.15) is 23.3 Å². The third kappa shape index (κ3) is 8.66. The van der Waals surface area contributed by atoms with Gasteiger partial charge in [0.15, 0.2) is 5.78 Å². The molecule has 2 saturated carbocycles. The number of hydrogen-bond acceptors (Lipinski definition) is 10. The van der Waals surface area contributed by atoms with Crippen molar-refractivity contribution in [3.05, 3.63) is 42.4 Å². The summed E-state index contributed by atoms with van der Waals surface area (Å²) in [6.07, 6.45) is 5.38. The first-order chi connectivity index (χ1) is 25.8. The Bertz CT molecular complexity index is 2000. The van der Waals surface area contributed by atoms with Crippen molar-refractivity contribution >= 4 is 44.4 Å². The van der Waals surface area contributed by atoms with Crippen LogP contribution in [0.25, 0.3) is 10.8 Å². The zero-order chi connectivity index (χ0) is 40.1. The van der Waals surface area contributed by atoms with Crippen LogP contribution in [0, 0.1) is 34.9 Å². The Morgan fingerprint density at radius 1 is 1.11 bits per heavy atom. The molecule has 55 heavy (non-hydrogen) atoms. The molecule has 3 fully saturated rings. The number of Topliss-reactive ketones (excluding diaryl/α,β-unsaturated/α-hetero) is 1. The molecule has 6 rings (SSSR count). The number of halogens is 2. The molecule has 0 bridgehead atoms. The summed E-state index contributed by atoms with van der Waals surface area (Å²) in [5.74, 6) is -4.06. The maximum absolute atomic E-state index is 14.8. The van der Waals surface area contributed by atoms with Crippen LogP contribution < -0.4 is 14.2 Å². The Balaban J connectivity index is 1.36. The van der Waals surface area contributed by atoms with Crippen molar-refractivity contribution in [2.45, 2.75) is 115 Å². The van der Waals surface area contributed by atoms with Crippen molar-refractivity contribution in [2.75, 3.05) is 13.7 Å². The van der Waals surface area contributed by atoms with Crippen LogP contribution in [0.5, 0.6) is 11.6 Å². The molecule has 300 valence electrons. The maximum Gasteiger partial charge on any atom is 0.307 e. The van der Waals surface area contributed by atoms with Crippen LogP contribution in [0.2, 0.25) is 0 Å². The number of allylic oxidation sites excluding steroid dienone is 2. The number of sulfonamides is 1. The summed E-state index contributed by atoms with van der Waals surface area (Å²) >= 11 is 0. The molecule has 1 aromatic heterocycles. The van der Waals surface area contributed by atoms with Gasteiger partial charge in [0, 0.05) is 31.1 Å². The molecule has 2 aliphatic heterocycles. The van der Waals surface area contributed by atoms with Gasteiger partial charge in [0.25, 0.3) is 10.0 Å². The Hall–Kier alpha value is -4.14. The lowest BCUT2D eigenvalue weighted by Gasteiger charge is -2.32. The monoisotopic (exact) mass is 787 g/mol. The number of esters is 1. The second-order valence-corrected chi connectivity index (χ2v) is 18.9. The first kappa shape index (κ1) is 40.5. The Morgan fingerprint density at radius 2 is 1.84 bits per heavy atom. The molecule has 1 aromatic carbocycles. The number of carbonyl (C=O) groups excluding carboxylic acids is 4. The van der Waals surface area contributed by atoms with Gasteiger partial charge in [-0.25, -0.2) is 26.9 Å². The van der Waals surface area contributed by atoms with Crippen LogP contribution >= 0.6 is 0 Å². The number of carbonyl (C=O) groups is 4. The van der Waals surface area contributed by atoms with Crippen LogP contribution in [0.1, 0.15) is 92.4 Å². The number of fused-ring (bicyclic) bond motifs is 3. The van der Waals surface area contributed by atoms with E-state index in [1.165, 1.54) is 36.4 Å². The molecule has 15 heteroatoms. The summed E-state index contributed by atoms with van der Waals surface area (Å²) in [6, 6.07) is 2.94. The van der Waals surface area contributed by atoms with Crippen molar-refractivity contribution in [1.29, 1.82) is 0 Å². The van der Waals surface area contributed by atoms with Crippen LogP contribution in [-0.4, -0.2) is 78.3 Å². The molecule has 0 unspecified atom stereocenters. The maximum atomic E-state index is 14.8. The number of alkyl halides is 1. The van der Waals surface area contributed by atoms with Crippen molar-refractivity contribution in [1.82, 2.24) is 14.6 Å². The largest absolute Gasteiger partial charge is 0.494 e. The SMILES string of the molecule is COc1cnc(O[C@@H]2C[C@H]3C(=O)C[C@]4(C(=O)NS(=O)(=O)C5(F)CC5)C[C@H]4/C=C\CC[C@@H](C)C[C@@H](C)[C@H](CC(=O)OC(C)(C)C)C(=O)N3C2)c2cc(F)ccc12. The number of ether oxygens (including phenoxy) is 3. The summed E-state index contributed by atoms with van der Waals surface area (Å²) in [5.41, 5.74) is -2.27. The normalized spacial score (nSPS) is 30.3. The van der Waals surface area contributed by atoms with E-state index in [0.29, 0.717) is 29.4 Å². The molecule has 0 radical (unpaired) electrons. The summed E-state index contributed by atoms with van der Waals surface area (Å²) in [5, 5.41) is -1.68. The van der Waals surface area contributed by atoms with E-state index in [4.69, 9.17) is 14.2 Å². The molecular weight excluding hydrogens is 737 g/mol. The number of benzene rings is 1. The molecule has 2 amide bonds. The van der Waals surface area contributed by atoms with Gasteiger partial charge in [-0.1, -0.05) is 26.0 Å². The van der Waals surface area contributed by atoms with Crippen LogP contribution in [-0.2, 0) is 33.9 Å². The zero-order valence-electron chi connectivity index (χ0n) is 32.2. The molecular formula is C40H51F2N3O9S. The minimum Gasteiger partial charge on any atom is -0.494 e. The highest BCUT2D eigenvalue weighted by atomic mass is 32.2. The summed E-state index contributed by atoms with van der Waals surface area (Å²) in [6.45, 7) is 9.09. The second-order valence-electron chi connectivity index (χ2n) is 17.0. The summed E-state index contributed by atoms with van der Waals surface area (Å²) < 4.78 is 74.3. The van der Waals surface area contributed by atoms with E-state index >= 15 is 0 Å². The number of ketones is 1. The van der Waals surface area contributed by atoms with Crippen LogP contribution in [0.15, 0.2) is 36.5 Å². The molecule has 0 spiro atoms. The fourth-order valence-electron chi connectivity index (χ4n) is 8.12. The predicted molar refractivity (Wildman–Crippen MR) is 198 cm³/mol. The number of rotatable bonds is 8. The first-order valence-electron chi connectivity index (χ1n) is 19.0. The van der Waals surface area contributed by atoms with Gasteiger partial charge in [0.05, 0.1) is 49.0 Å². The number of amides is 2. The number of nitrogens with one attached hydrogen (secondary N) is 1. The van der Waals surface area contributed by atoms with Gasteiger partial charge in [0.2, 0.25) is 22.7 Å². The van der Waals surface area contributed by atoms with Gasteiger partial charge in [-0.05, 0) is 82.4 Å².